The topological polar surface area (TPSA) is 77.0 Å². The van der Waals surface area contributed by atoms with Gasteiger partial charge in [-0.15, -0.1) is 24.8 Å². The van der Waals surface area contributed by atoms with Gasteiger partial charge >= 0.3 is 0 Å². The molecule has 3 rings (SSSR count). The number of hydrogen-bond acceptors (Lipinski definition) is 4. The summed E-state index contributed by atoms with van der Waals surface area (Å²) < 4.78 is 1.92. The molecule has 140 valence electrons. The number of halogens is 2. The number of carbonyl (C=O) groups excluding carboxylic acids is 1. The highest BCUT2D eigenvalue weighted by Crippen LogP contribution is 2.25. The first-order chi connectivity index (χ1) is 11.0. The molecule has 2 N–H and O–H groups in total. The predicted octanol–water partition coefficient (Wildman–Crippen LogP) is 2.98. The average Bonchev–Trinajstić information content (AvgIpc) is 3.19. The number of aryl methyl sites for hydroxylation is 1. The summed E-state index contributed by atoms with van der Waals surface area (Å²) in [6.45, 7) is 8.33. The Kier molecular flexibility index (Phi) is 7.65. The van der Waals surface area contributed by atoms with E-state index in [4.69, 9.17) is 5.73 Å². The Hall–Kier alpha value is -1.37. The highest BCUT2D eigenvalue weighted by molar-refractivity contribution is 6.05. The Labute approximate surface area is 161 Å². The van der Waals surface area contributed by atoms with E-state index in [1.54, 1.807) is 6.20 Å². The molecule has 2 aromatic rings. The summed E-state index contributed by atoms with van der Waals surface area (Å²) in [5, 5.41) is 5.32. The fourth-order valence-corrected chi connectivity index (χ4v) is 3.20. The van der Waals surface area contributed by atoms with Crippen LogP contribution in [0.3, 0.4) is 0 Å². The third kappa shape index (κ3) is 4.07. The Bertz CT molecular complexity index is 733. The molecule has 0 spiro atoms. The van der Waals surface area contributed by atoms with Crippen LogP contribution in [0, 0.1) is 12.8 Å². The minimum atomic E-state index is 0. The number of rotatable bonds is 4. The fourth-order valence-electron chi connectivity index (χ4n) is 3.20. The Morgan fingerprint density at radius 2 is 2.16 bits per heavy atom. The van der Waals surface area contributed by atoms with E-state index in [1.807, 2.05) is 22.6 Å². The van der Waals surface area contributed by atoms with Crippen LogP contribution in [-0.2, 0) is 0 Å². The maximum Gasteiger partial charge on any atom is 0.254 e. The molecule has 25 heavy (non-hydrogen) atoms. The van der Waals surface area contributed by atoms with Gasteiger partial charge in [0.25, 0.3) is 5.91 Å². The van der Waals surface area contributed by atoms with E-state index in [9.17, 15) is 4.79 Å². The van der Waals surface area contributed by atoms with Crippen LogP contribution >= 0.6 is 24.8 Å². The zero-order valence-electron chi connectivity index (χ0n) is 14.9. The maximum atomic E-state index is 12.9. The van der Waals surface area contributed by atoms with Gasteiger partial charge in [-0.3, -0.25) is 4.79 Å². The monoisotopic (exact) mass is 387 g/mol. The normalized spacial score (nSPS) is 17.9. The molecule has 0 bridgehead atoms. The van der Waals surface area contributed by atoms with Crippen LogP contribution < -0.4 is 5.73 Å². The van der Waals surface area contributed by atoms with E-state index >= 15 is 0 Å². The molecule has 2 aromatic heterocycles. The maximum absolute atomic E-state index is 12.9. The third-order valence-corrected chi connectivity index (χ3v) is 4.84. The molecule has 3 heterocycles. The van der Waals surface area contributed by atoms with Crippen molar-refractivity contribution in [2.24, 2.45) is 11.7 Å². The van der Waals surface area contributed by atoms with Crippen molar-refractivity contribution in [3.05, 3.63) is 23.5 Å². The molecule has 0 radical (unpaired) electrons. The van der Waals surface area contributed by atoms with Gasteiger partial charge in [-0.25, -0.2) is 9.67 Å². The van der Waals surface area contributed by atoms with Crippen LogP contribution in [0.25, 0.3) is 11.0 Å². The number of aromatic nitrogens is 3. The van der Waals surface area contributed by atoms with Crippen molar-refractivity contribution in [2.75, 3.05) is 19.6 Å². The van der Waals surface area contributed by atoms with Gasteiger partial charge in [-0.2, -0.15) is 5.10 Å². The first kappa shape index (κ1) is 21.7. The van der Waals surface area contributed by atoms with E-state index in [-0.39, 0.29) is 36.8 Å². The molecular weight excluding hydrogens is 361 g/mol. The summed E-state index contributed by atoms with van der Waals surface area (Å²) in [6.07, 6.45) is 3.74. The van der Waals surface area contributed by atoms with Crippen LogP contribution in [0.15, 0.2) is 12.3 Å². The second-order valence-corrected chi connectivity index (χ2v) is 6.54. The molecule has 8 heteroatoms. The number of amides is 1. The van der Waals surface area contributed by atoms with Gasteiger partial charge in [0.15, 0.2) is 5.65 Å². The summed E-state index contributed by atoms with van der Waals surface area (Å²) in [5.41, 5.74) is 8.10. The minimum absolute atomic E-state index is 0. The van der Waals surface area contributed by atoms with E-state index in [0.717, 1.165) is 42.7 Å². The molecule has 6 nitrogen and oxygen atoms in total. The van der Waals surface area contributed by atoms with Gasteiger partial charge in [-0.1, -0.05) is 6.92 Å². The molecule has 0 aromatic carbocycles. The Morgan fingerprint density at radius 3 is 2.76 bits per heavy atom. The number of pyridine rings is 1. The smallest absolute Gasteiger partial charge is 0.254 e. The lowest BCUT2D eigenvalue weighted by Crippen LogP contribution is -2.30. The van der Waals surface area contributed by atoms with Crippen molar-refractivity contribution in [3.63, 3.8) is 0 Å². The Morgan fingerprint density at radius 1 is 1.44 bits per heavy atom. The van der Waals surface area contributed by atoms with Crippen molar-refractivity contribution in [3.8, 4) is 0 Å². The minimum Gasteiger partial charge on any atom is -0.338 e. The number of nitrogens with zero attached hydrogens (tertiary/aromatic N) is 4. The van der Waals surface area contributed by atoms with E-state index in [0.29, 0.717) is 18.0 Å². The molecule has 0 aliphatic carbocycles. The quantitative estimate of drug-likeness (QED) is 0.874. The van der Waals surface area contributed by atoms with Gasteiger partial charge in [0.2, 0.25) is 0 Å². The third-order valence-electron chi connectivity index (χ3n) is 4.84. The summed E-state index contributed by atoms with van der Waals surface area (Å²) in [7, 11) is 0. The zero-order chi connectivity index (χ0) is 16.6. The highest BCUT2D eigenvalue weighted by Gasteiger charge is 2.28. The number of likely N-dealkylation sites (tertiary alicyclic amines) is 1. The summed E-state index contributed by atoms with van der Waals surface area (Å²) >= 11 is 0. The van der Waals surface area contributed by atoms with Crippen LogP contribution in [0.2, 0.25) is 0 Å². The lowest BCUT2D eigenvalue weighted by molar-refractivity contribution is 0.0789. The SMILES string of the molecule is CCC(C)n1ncc2c(C(=O)N3CCC(CN)C3)cc(C)nc21.Cl.Cl. The number of nitrogens with two attached hydrogens (primary N) is 1. The molecule has 0 saturated carbocycles. The molecule has 2 unspecified atom stereocenters. The van der Waals surface area contributed by atoms with Gasteiger partial charge in [0.1, 0.15) is 0 Å². The fraction of sp³-hybridized carbons (Fsp3) is 0.588. The van der Waals surface area contributed by atoms with Crippen LogP contribution in [0.5, 0.6) is 0 Å². The van der Waals surface area contributed by atoms with Crippen molar-refractivity contribution >= 4 is 41.8 Å². The lowest BCUT2D eigenvalue weighted by atomic mass is 10.1. The summed E-state index contributed by atoms with van der Waals surface area (Å²) in [4.78, 5) is 19.5. The molecule has 1 aliphatic rings. The van der Waals surface area contributed by atoms with Gasteiger partial charge in [-0.05, 0) is 45.2 Å². The van der Waals surface area contributed by atoms with E-state index in [1.165, 1.54) is 0 Å². The Balaban J connectivity index is 0.00000156. The summed E-state index contributed by atoms with van der Waals surface area (Å²) in [6, 6.07) is 2.14. The number of carbonyl (C=O) groups is 1. The molecule has 1 aliphatic heterocycles. The molecule has 1 amide bonds. The second kappa shape index (κ2) is 8.83. The highest BCUT2D eigenvalue weighted by atomic mass is 35.5. The second-order valence-electron chi connectivity index (χ2n) is 6.54. The van der Waals surface area contributed by atoms with Gasteiger partial charge in [0, 0.05) is 18.8 Å². The molecule has 1 fully saturated rings. The zero-order valence-corrected chi connectivity index (χ0v) is 16.6. The number of fused-ring (bicyclic) bond motifs is 1. The predicted molar refractivity (Wildman–Crippen MR) is 105 cm³/mol. The van der Waals surface area contributed by atoms with Crippen LogP contribution in [0.1, 0.15) is 48.8 Å². The largest absolute Gasteiger partial charge is 0.338 e. The van der Waals surface area contributed by atoms with Crippen LogP contribution in [0.4, 0.5) is 0 Å². The van der Waals surface area contributed by atoms with E-state index in [2.05, 4.69) is 23.9 Å². The first-order valence-corrected chi connectivity index (χ1v) is 8.39. The van der Waals surface area contributed by atoms with Crippen molar-refractivity contribution in [1.82, 2.24) is 19.7 Å². The summed E-state index contributed by atoms with van der Waals surface area (Å²) in [5.74, 6) is 0.486. The standard InChI is InChI=1S/C17H25N5O.2ClH/c1-4-12(3)22-16-15(9-19-22)14(7-11(2)20-16)17(23)21-6-5-13(8-18)10-21;;/h7,9,12-13H,4-6,8,10,18H2,1-3H3;2*1H. The average molecular weight is 388 g/mol. The molecular formula is C17H27Cl2N5O. The molecule has 2 atom stereocenters. The van der Waals surface area contributed by atoms with Gasteiger partial charge < -0.3 is 10.6 Å². The van der Waals surface area contributed by atoms with Gasteiger partial charge in [0.05, 0.1) is 23.2 Å². The van der Waals surface area contributed by atoms with Crippen molar-refractivity contribution < 1.29 is 4.79 Å². The molecule has 1 saturated heterocycles. The van der Waals surface area contributed by atoms with Crippen molar-refractivity contribution in [1.29, 1.82) is 0 Å². The van der Waals surface area contributed by atoms with Crippen molar-refractivity contribution in [2.45, 2.75) is 39.7 Å². The van der Waals surface area contributed by atoms with Crippen LogP contribution in [-0.4, -0.2) is 45.2 Å². The first-order valence-electron chi connectivity index (χ1n) is 8.39. The lowest BCUT2D eigenvalue weighted by Gasteiger charge is -2.17. The number of hydrogen-bond donors (Lipinski definition) is 1. The van der Waals surface area contributed by atoms with E-state index < -0.39 is 0 Å².